The van der Waals surface area contributed by atoms with Crippen LogP contribution >= 0.6 is 23.1 Å². The van der Waals surface area contributed by atoms with Gasteiger partial charge in [-0.15, -0.1) is 0 Å². The van der Waals surface area contributed by atoms with E-state index in [0.29, 0.717) is 15.5 Å². The van der Waals surface area contributed by atoms with Gasteiger partial charge in [0.1, 0.15) is 16.8 Å². The van der Waals surface area contributed by atoms with Crippen molar-refractivity contribution in [2.75, 3.05) is 16.8 Å². The van der Waals surface area contributed by atoms with E-state index < -0.39 is 64.7 Å². The summed E-state index contributed by atoms with van der Waals surface area (Å²) in [6.45, 7) is -0.663. The fourth-order valence-electron chi connectivity index (χ4n) is 5.23. The maximum Gasteiger partial charge on any atom is 0.418 e. The second kappa shape index (κ2) is 11.0. The highest BCUT2D eigenvalue weighted by atomic mass is 32.2. The van der Waals surface area contributed by atoms with Gasteiger partial charge in [-0.2, -0.15) is 13.2 Å². The third kappa shape index (κ3) is 5.31. The predicted molar refractivity (Wildman–Crippen MR) is 151 cm³/mol. The van der Waals surface area contributed by atoms with Crippen molar-refractivity contribution >= 4 is 52.2 Å². The van der Waals surface area contributed by atoms with Crippen LogP contribution in [-0.4, -0.2) is 34.6 Å². The number of thiazole rings is 1. The molecule has 3 aromatic carbocycles. The first-order valence-electron chi connectivity index (χ1n) is 12.7. The van der Waals surface area contributed by atoms with Crippen molar-refractivity contribution in [3.63, 3.8) is 0 Å². The average molecular weight is 630 g/mol. The fourth-order valence-corrected chi connectivity index (χ4v) is 7.74. The van der Waals surface area contributed by atoms with Gasteiger partial charge >= 0.3 is 11.0 Å². The molecule has 6 rings (SSSR count). The van der Waals surface area contributed by atoms with E-state index in [2.05, 4.69) is 10.3 Å². The van der Waals surface area contributed by atoms with Crippen LogP contribution in [0.15, 0.2) is 82.6 Å². The highest BCUT2D eigenvalue weighted by molar-refractivity contribution is 8.00. The number of amides is 3. The molecule has 0 radical (unpaired) electrons. The van der Waals surface area contributed by atoms with Gasteiger partial charge in [-0.05, 0) is 42.5 Å². The summed E-state index contributed by atoms with van der Waals surface area (Å²) in [5.41, 5.74) is -0.844. The third-order valence-corrected chi connectivity index (χ3v) is 9.43. The number of hydrogen-bond acceptors (Lipinski definition) is 7. The number of nitrogens with zero attached hydrogens (tertiary/aromatic N) is 1. The number of aromatic amines is 1. The lowest BCUT2D eigenvalue weighted by Crippen LogP contribution is -2.32. The number of rotatable bonds is 6. The maximum atomic E-state index is 13.8. The third-order valence-electron chi connectivity index (χ3n) is 7.03. The highest BCUT2D eigenvalue weighted by Gasteiger charge is 2.56. The van der Waals surface area contributed by atoms with Gasteiger partial charge in [0.2, 0.25) is 11.8 Å². The Labute approximate surface area is 248 Å². The first-order valence-corrected chi connectivity index (χ1v) is 14.4. The topological polar surface area (TPSA) is 109 Å². The van der Waals surface area contributed by atoms with Crippen LogP contribution in [0.5, 0.6) is 5.75 Å². The van der Waals surface area contributed by atoms with E-state index in [1.165, 1.54) is 30.3 Å². The van der Waals surface area contributed by atoms with Gasteiger partial charge in [0.05, 0.1) is 27.9 Å². The second-order valence-corrected chi connectivity index (χ2v) is 11.8. The van der Waals surface area contributed by atoms with Crippen molar-refractivity contribution < 1.29 is 36.7 Å². The summed E-state index contributed by atoms with van der Waals surface area (Å²) in [6, 6.07) is 15.9. The van der Waals surface area contributed by atoms with Crippen LogP contribution in [0.1, 0.15) is 21.9 Å². The lowest BCUT2D eigenvalue weighted by Gasteiger charge is -2.30. The Morgan fingerprint density at radius 3 is 2.40 bits per heavy atom. The number of carbonyl (C=O) groups excluding carboxylic acids is 3. The van der Waals surface area contributed by atoms with Crippen molar-refractivity contribution in [3.8, 4) is 5.75 Å². The number of hydrogen-bond donors (Lipinski definition) is 2. The molecule has 3 atom stereocenters. The maximum absolute atomic E-state index is 13.8. The number of benzene rings is 3. The Hall–Kier alpha value is -4.43. The normalized spacial score (nSPS) is 19.6. The SMILES string of the molecule is O=C(COc1ccccc1[C@@H]1c2sc(=O)[nH]c2S[C@H]2C(=O)N(c3ccc(F)cc3)C(=O)[C@@H]12)Nc1ccccc1C(F)(F)F. The van der Waals surface area contributed by atoms with Crippen LogP contribution in [0.2, 0.25) is 0 Å². The van der Waals surface area contributed by atoms with Crippen LogP contribution in [0.25, 0.3) is 0 Å². The zero-order valence-electron chi connectivity index (χ0n) is 21.7. The largest absolute Gasteiger partial charge is 0.483 e. The molecule has 220 valence electrons. The predicted octanol–water partition coefficient (Wildman–Crippen LogP) is 5.41. The van der Waals surface area contributed by atoms with Crippen LogP contribution in [-0.2, 0) is 20.6 Å². The van der Waals surface area contributed by atoms with Crippen molar-refractivity contribution in [1.29, 1.82) is 0 Å². The molecule has 4 aromatic rings. The van der Waals surface area contributed by atoms with Crippen molar-refractivity contribution in [2.24, 2.45) is 5.92 Å². The van der Waals surface area contributed by atoms with E-state index in [9.17, 15) is 36.7 Å². The van der Waals surface area contributed by atoms with Gasteiger partial charge in [-0.25, -0.2) is 9.29 Å². The lowest BCUT2D eigenvalue weighted by atomic mass is 9.82. The number of ether oxygens (including phenoxy) is 1. The molecule has 0 spiro atoms. The number of para-hydroxylation sites is 2. The van der Waals surface area contributed by atoms with E-state index in [-0.39, 0.29) is 16.3 Å². The molecule has 0 unspecified atom stereocenters. The van der Waals surface area contributed by atoms with Crippen LogP contribution in [0, 0.1) is 11.7 Å². The molecular weight excluding hydrogens is 610 g/mol. The number of H-pyrrole nitrogens is 1. The molecule has 1 fully saturated rings. The first kappa shape index (κ1) is 28.7. The van der Waals surface area contributed by atoms with Gasteiger partial charge in [0, 0.05) is 16.4 Å². The summed E-state index contributed by atoms with van der Waals surface area (Å²) in [4.78, 5) is 56.3. The molecular formula is C29H19F4N3O5S2. The van der Waals surface area contributed by atoms with Gasteiger partial charge in [0.15, 0.2) is 6.61 Å². The molecule has 0 bridgehead atoms. The molecule has 2 aliphatic heterocycles. The Balaban J connectivity index is 1.32. The van der Waals surface area contributed by atoms with Crippen LogP contribution in [0.4, 0.5) is 28.9 Å². The van der Waals surface area contributed by atoms with E-state index in [1.54, 1.807) is 18.2 Å². The molecule has 1 saturated heterocycles. The molecule has 3 amide bonds. The number of thioether (sulfide) groups is 1. The number of alkyl halides is 3. The summed E-state index contributed by atoms with van der Waals surface area (Å²) < 4.78 is 59.5. The smallest absolute Gasteiger partial charge is 0.418 e. The van der Waals surface area contributed by atoms with Crippen molar-refractivity contribution in [2.45, 2.75) is 22.4 Å². The Morgan fingerprint density at radius 1 is 0.953 bits per heavy atom. The second-order valence-electron chi connectivity index (χ2n) is 9.66. The zero-order valence-corrected chi connectivity index (χ0v) is 23.3. The zero-order chi connectivity index (χ0) is 30.5. The lowest BCUT2D eigenvalue weighted by molar-refractivity contribution is -0.137. The fraction of sp³-hybridized carbons (Fsp3) is 0.172. The van der Waals surface area contributed by atoms with E-state index >= 15 is 0 Å². The molecule has 2 N–H and O–H groups in total. The summed E-state index contributed by atoms with van der Waals surface area (Å²) in [5, 5.41) is 1.71. The van der Waals surface area contributed by atoms with E-state index in [1.807, 2.05) is 0 Å². The summed E-state index contributed by atoms with van der Waals surface area (Å²) in [6.07, 6.45) is -4.68. The van der Waals surface area contributed by atoms with Crippen molar-refractivity contribution in [1.82, 2.24) is 4.98 Å². The molecule has 0 saturated carbocycles. The minimum Gasteiger partial charge on any atom is -0.483 e. The Bertz CT molecular complexity index is 1800. The summed E-state index contributed by atoms with van der Waals surface area (Å²) in [7, 11) is 0. The van der Waals surface area contributed by atoms with Gasteiger partial charge in [-0.1, -0.05) is 53.4 Å². The number of nitrogens with one attached hydrogen (secondary N) is 2. The molecule has 14 heteroatoms. The molecule has 43 heavy (non-hydrogen) atoms. The number of anilines is 2. The highest BCUT2D eigenvalue weighted by Crippen LogP contribution is 2.54. The molecule has 8 nitrogen and oxygen atoms in total. The van der Waals surface area contributed by atoms with Gasteiger partial charge in [0.25, 0.3) is 5.91 Å². The average Bonchev–Trinajstić information content (AvgIpc) is 3.46. The van der Waals surface area contributed by atoms with Crippen molar-refractivity contribution in [3.05, 3.63) is 104 Å². The molecule has 0 aliphatic carbocycles. The summed E-state index contributed by atoms with van der Waals surface area (Å²) in [5.74, 6) is -4.15. The van der Waals surface area contributed by atoms with Crippen LogP contribution < -0.4 is 19.8 Å². The number of aromatic nitrogens is 1. The minimum absolute atomic E-state index is 0.143. The monoisotopic (exact) mass is 629 g/mol. The summed E-state index contributed by atoms with van der Waals surface area (Å²) >= 11 is 1.94. The van der Waals surface area contributed by atoms with E-state index in [4.69, 9.17) is 4.74 Å². The quantitative estimate of drug-likeness (QED) is 0.218. The molecule has 2 aliphatic rings. The minimum atomic E-state index is -4.68. The number of carbonyl (C=O) groups is 3. The van der Waals surface area contributed by atoms with Gasteiger partial charge in [-0.3, -0.25) is 19.2 Å². The molecule has 3 heterocycles. The number of imide groups is 1. The van der Waals surface area contributed by atoms with E-state index in [0.717, 1.165) is 52.3 Å². The standard InChI is InChI=1S/C29H19F4N3O5S2/c30-14-9-11-15(12-10-14)36-26(38)22-21(23-25(35-28(40)43-23)42-24(22)27(36)39)16-5-1-4-8-19(16)41-13-20(37)34-18-7-3-2-6-17(18)29(31,32)33/h1-12,21-22,24H,13H2,(H,34,37)(H,35,40)/t21-,22-,24+/m0/s1. The Morgan fingerprint density at radius 2 is 1.65 bits per heavy atom. The molecule has 1 aromatic heterocycles. The first-order chi connectivity index (χ1) is 20.5. The van der Waals surface area contributed by atoms with Crippen LogP contribution in [0.3, 0.4) is 0 Å². The van der Waals surface area contributed by atoms with Gasteiger partial charge < -0.3 is 15.0 Å². The number of fused-ring (bicyclic) bond motifs is 2. The Kier molecular flexibility index (Phi) is 7.34. The number of halogens is 4.